The molecule has 0 fully saturated rings. The van der Waals surface area contributed by atoms with Gasteiger partial charge in [0.15, 0.2) is 0 Å². The summed E-state index contributed by atoms with van der Waals surface area (Å²) in [6.07, 6.45) is 0. The zero-order valence-electron chi connectivity index (χ0n) is 14.0. The molecule has 0 heterocycles. The van der Waals surface area contributed by atoms with E-state index in [0.29, 0.717) is 0 Å². The smallest absolute Gasteiger partial charge is 0.206 e. The molecule has 2 rings (SSSR count). The largest absolute Gasteiger partial charge is 0.449 e. The van der Waals surface area contributed by atoms with Gasteiger partial charge in [0.2, 0.25) is 16.6 Å². The third-order valence-corrected chi connectivity index (χ3v) is 11.4. The second kappa shape index (κ2) is 5.91. The minimum Gasteiger partial charge on any atom is -0.449 e. The molecule has 0 bridgehead atoms. The Morgan fingerprint density at radius 2 is 1.05 bits per heavy atom. The molecule has 3 heteroatoms. The average molecular weight is 315 g/mol. The number of rotatable bonds is 4. The van der Waals surface area contributed by atoms with Crippen molar-refractivity contribution >= 4 is 27.0 Å². The summed E-state index contributed by atoms with van der Waals surface area (Å²) in [5.74, 6) is 0. The van der Waals surface area contributed by atoms with Gasteiger partial charge in [0, 0.05) is 0 Å². The van der Waals surface area contributed by atoms with E-state index in [0.717, 1.165) is 0 Å². The number of hydrogen-bond donors (Lipinski definition) is 0. The highest BCUT2D eigenvalue weighted by Gasteiger charge is 2.35. The van der Waals surface area contributed by atoms with Crippen molar-refractivity contribution in [2.75, 3.05) is 0 Å². The summed E-state index contributed by atoms with van der Waals surface area (Å²) in [4.78, 5) is 0. The monoisotopic (exact) mass is 314 g/mol. The standard InChI is InChI=1S/C18H26OSi2/c1-15-9-7-11-17(13-15)20(3,4)19-21(5,6)18-12-8-10-16(2)14-18/h7-14H,1-6H3. The van der Waals surface area contributed by atoms with E-state index in [-0.39, 0.29) is 0 Å². The first-order valence-corrected chi connectivity index (χ1v) is 13.4. The van der Waals surface area contributed by atoms with E-state index < -0.39 is 16.6 Å². The van der Waals surface area contributed by atoms with Gasteiger partial charge in [0.05, 0.1) is 0 Å². The molecule has 0 radical (unpaired) electrons. The zero-order valence-corrected chi connectivity index (χ0v) is 16.0. The van der Waals surface area contributed by atoms with Gasteiger partial charge in [-0.05, 0) is 50.4 Å². The summed E-state index contributed by atoms with van der Waals surface area (Å²) in [5, 5.41) is 2.77. The van der Waals surface area contributed by atoms with Crippen molar-refractivity contribution in [3.8, 4) is 0 Å². The molecule has 0 saturated heterocycles. The molecule has 0 aliphatic rings. The van der Waals surface area contributed by atoms with E-state index in [1.807, 2.05) is 0 Å². The van der Waals surface area contributed by atoms with Gasteiger partial charge in [-0.3, -0.25) is 0 Å². The molecule has 21 heavy (non-hydrogen) atoms. The fourth-order valence-electron chi connectivity index (χ4n) is 2.79. The first-order valence-electron chi connectivity index (χ1n) is 7.55. The van der Waals surface area contributed by atoms with Crippen LogP contribution in [-0.4, -0.2) is 16.6 Å². The summed E-state index contributed by atoms with van der Waals surface area (Å²) in [5.41, 5.74) is 2.62. The Bertz CT molecular complexity index is 577. The van der Waals surface area contributed by atoms with Gasteiger partial charge in [0.25, 0.3) is 0 Å². The SMILES string of the molecule is Cc1cccc([Si](C)(C)O[Si](C)(C)c2cccc(C)c2)c1. The predicted molar refractivity (Wildman–Crippen MR) is 97.7 cm³/mol. The van der Waals surface area contributed by atoms with Crippen molar-refractivity contribution in [3.05, 3.63) is 59.7 Å². The molecule has 0 aliphatic carbocycles. The highest BCUT2D eigenvalue weighted by molar-refractivity contribution is 6.96. The maximum atomic E-state index is 6.79. The molecule has 0 aromatic heterocycles. The predicted octanol–water partition coefficient (Wildman–Crippen LogP) is 3.84. The van der Waals surface area contributed by atoms with Crippen molar-refractivity contribution in [1.29, 1.82) is 0 Å². The number of benzene rings is 2. The van der Waals surface area contributed by atoms with Crippen LogP contribution in [0, 0.1) is 13.8 Å². The second-order valence-electron chi connectivity index (χ2n) is 6.86. The fourth-order valence-corrected chi connectivity index (χ4v) is 11.0. The molecular formula is C18H26OSi2. The molecule has 0 unspecified atom stereocenters. The van der Waals surface area contributed by atoms with Crippen LogP contribution in [0.3, 0.4) is 0 Å². The van der Waals surface area contributed by atoms with Crippen molar-refractivity contribution in [2.45, 2.75) is 40.0 Å². The van der Waals surface area contributed by atoms with Crippen molar-refractivity contribution in [1.82, 2.24) is 0 Å². The molecule has 0 N–H and O–H groups in total. The van der Waals surface area contributed by atoms with Crippen LogP contribution in [0.2, 0.25) is 26.2 Å². The van der Waals surface area contributed by atoms with Gasteiger partial charge in [-0.25, -0.2) is 0 Å². The van der Waals surface area contributed by atoms with Crippen LogP contribution in [0.1, 0.15) is 11.1 Å². The summed E-state index contributed by atoms with van der Waals surface area (Å²) >= 11 is 0. The summed E-state index contributed by atoms with van der Waals surface area (Å²) in [6, 6.07) is 17.6. The van der Waals surface area contributed by atoms with Crippen LogP contribution >= 0.6 is 0 Å². The lowest BCUT2D eigenvalue weighted by atomic mass is 10.2. The maximum Gasteiger partial charge on any atom is 0.206 e. The Kier molecular flexibility index (Phi) is 4.56. The van der Waals surface area contributed by atoms with Gasteiger partial charge < -0.3 is 4.12 Å². The molecule has 0 aliphatic heterocycles. The molecule has 0 spiro atoms. The van der Waals surface area contributed by atoms with E-state index >= 15 is 0 Å². The summed E-state index contributed by atoms with van der Waals surface area (Å²) in [6.45, 7) is 13.5. The Morgan fingerprint density at radius 3 is 1.38 bits per heavy atom. The van der Waals surface area contributed by atoms with Crippen LogP contribution < -0.4 is 10.4 Å². The Morgan fingerprint density at radius 1 is 0.667 bits per heavy atom. The second-order valence-corrected chi connectivity index (χ2v) is 14.9. The van der Waals surface area contributed by atoms with E-state index in [1.165, 1.54) is 21.5 Å². The van der Waals surface area contributed by atoms with Gasteiger partial charge >= 0.3 is 0 Å². The quantitative estimate of drug-likeness (QED) is 0.779. The van der Waals surface area contributed by atoms with Crippen LogP contribution in [-0.2, 0) is 4.12 Å². The van der Waals surface area contributed by atoms with Gasteiger partial charge in [0.1, 0.15) is 0 Å². The van der Waals surface area contributed by atoms with Crippen molar-refractivity contribution in [3.63, 3.8) is 0 Å². The molecule has 2 aromatic rings. The summed E-state index contributed by atoms with van der Waals surface area (Å²) < 4.78 is 6.79. The topological polar surface area (TPSA) is 9.23 Å². The average Bonchev–Trinajstić information content (AvgIpc) is 2.37. The first-order chi connectivity index (χ1) is 9.71. The lowest BCUT2D eigenvalue weighted by Crippen LogP contribution is -2.57. The van der Waals surface area contributed by atoms with E-state index in [2.05, 4.69) is 88.6 Å². The van der Waals surface area contributed by atoms with Crippen molar-refractivity contribution in [2.24, 2.45) is 0 Å². The van der Waals surface area contributed by atoms with Crippen LogP contribution in [0.5, 0.6) is 0 Å². The highest BCUT2D eigenvalue weighted by Crippen LogP contribution is 2.16. The van der Waals surface area contributed by atoms with Crippen LogP contribution in [0.15, 0.2) is 48.5 Å². The maximum absolute atomic E-state index is 6.79. The molecule has 1 nitrogen and oxygen atoms in total. The Hall–Kier alpha value is -1.17. The Balaban J connectivity index is 2.30. The lowest BCUT2D eigenvalue weighted by Gasteiger charge is -2.35. The molecule has 0 atom stereocenters. The third-order valence-electron chi connectivity index (χ3n) is 3.94. The lowest BCUT2D eigenvalue weighted by molar-refractivity contribution is 0.573. The zero-order chi connectivity index (χ0) is 15.7. The molecule has 112 valence electrons. The van der Waals surface area contributed by atoms with Crippen LogP contribution in [0.25, 0.3) is 0 Å². The third kappa shape index (κ3) is 3.93. The highest BCUT2D eigenvalue weighted by atomic mass is 28.4. The van der Waals surface area contributed by atoms with Crippen molar-refractivity contribution < 1.29 is 4.12 Å². The van der Waals surface area contributed by atoms with Gasteiger partial charge in [-0.15, -0.1) is 0 Å². The van der Waals surface area contributed by atoms with E-state index in [4.69, 9.17) is 4.12 Å². The van der Waals surface area contributed by atoms with Gasteiger partial charge in [-0.1, -0.05) is 59.7 Å². The molecule has 0 saturated carbocycles. The van der Waals surface area contributed by atoms with Crippen LogP contribution in [0.4, 0.5) is 0 Å². The van der Waals surface area contributed by atoms with Gasteiger partial charge in [-0.2, -0.15) is 0 Å². The molecule has 0 amide bonds. The number of aryl methyl sites for hydroxylation is 2. The molecule has 2 aromatic carbocycles. The minimum atomic E-state index is -1.88. The Labute approximate surface area is 131 Å². The van der Waals surface area contributed by atoms with E-state index in [9.17, 15) is 0 Å². The first kappa shape index (κ1) is 16.2. The summed E-state index contributed by atoms with van der Waals surface area (Å²) in [7, 11) is -3.77. The fraction of sp³-hybridized carbons (Fsp3) is 0.333. The molecular weight excluding hydrogens is 288 g/mol. The normalized spacial score (nSPS) is 12.5. The minimum absolute atomic E-state index is 1.31. The number of hydrogen-bond acceptors (Lipinski definition) is 1. The van der Waals surface area contributed by atoms with E-state index in [1.54, 1.807) is 0 Å².